The van der Waals surface area contributed by atoms with Crippen molar-refractivity contribution in [1.29, 1.82) is 0 Å². The number of nitrogens with one attached hydrogen (secondary N) is 2. The molecule has 2 rings (SSSR count). The molecule has 1 atom stereocenters. The van der Waals surface area contributed by atoms with Gasteiger partial charge in [0.2, 0.25) is 5.91 Å². The van der Waals surface area contributed by atoms with E-state index in [-0.39, 0.29) is 17.7 Å². The first-order valence-corrected chi connectivity index (χ1v) is 9.73. The molecular formula is C21H30N2O4. The molecule has 0 aromatic heterocycles. The number of aliphatic carboxylic acids is 1. The molecule has 6 heteroatoms. The number of carboxylic acids is 1. The first kappa shape index (κ1) is 20.9. The predicted molar refractivity (Wildman–Crippen MR) is 105 cm³/mol. The maximum Gasteiger partial charge on any atom is 0.326 e. The first-order valence-electron chi connectivity index (χ1n) is 9.73. The van der Waals surface area contributed by atoms with Gasteiger partial charge in [0.25, 0.3) is 5.91 Å². The number of hydrogen-bond donors (Lipinski definition) is 3. The van der Waals surface area contributed by atoms with Gasteiger partial charge in [0, 0.05) is 17.2 Å². The molecule has 0 saturated heterocycles. The van der Waals surface area contributed by atoms with Gasteiger partial charge >= 0.3 is 5.97 Å². The molecule has 1 aliphatic carbocycles. The normalized spacial score (nSPS) is 16.0. The zero-order chi connectivity index (χ0) is 20.0. The van der Waals surface area contributed by atoms with E-state index in [2.05, 4.69) is 10.6 Å². The Hall–Kier alpha value is -2.37. The summed E-state index contributed by atoms with van der Waals surface area (Å²) in [5, 5.41) is 14.8. The largest absolute Gasteiger partial charge is 0.480 e. The van der Waals surface area contributed by atoms with Crippen LogP contribution in [0.3, 0.4) is 0 Å². The van der Waals surface area contributed by atoms with Crippen LogP contribution >= 0.6 is 0 Å². The zero-order valence-corrected chi connectivity index (χ0v) is 16.4. The molecule has 27 heavy (non-hydrogen) atoms. The molecule has 1 fully saturated rings. The minimum Gasteiger partial charge on any atom is -0.480 e. The van der Waals surface area contributed by atoms with Gasteiger partial charge < -0.3 is 15.7 Å². The molecule has 148 valence electrons. The van der Waals surface area contributed by atoms with Crippen molar-refractivity contribution < 1.29 is 19.5 Å². The number of rotatable bonds is 7. The number of aryl methyl sites for hydroxylation is 1. The molecule has 6 nitrogen and oxygen atoms in total. The summed E-state index contributed by atoms with van der Waals surface area (Å²) in [6.07, 6.45) is 5.50. The monoisotopic (exact) mass is 374 g/mol. The first-order chi connectivity index (χ1) is 12.8. The van der Waals surface area contributed by atoms with Crippen molar-refractivity contribution in [1.82, 2.24) is 5.32 Å². The Kier molecular flexibility index (Phi) is 7.39. The third kappa shape index (κ3) is 6.08. The zero-order valence-electron chi connectivity index (χ0n) is 16.4. The smallest absolute Gasteiger partial charge is 0.326 e. The molecule has 3 N–H and O–H groups in total. The van der Waals surface area contributed by atoms with E-state index < -0.39 is 17.9 Å². The maximum atomic E-state index is 12.5. The summed E-state index contributed by atoms with van der Waals surface area (Å²) in [5.41, 5.74) is 1.82. The highest BCUT2D eigenvalue weighted by molar-refractivity contribution is 5.99. The number of hydrogen-bond acceptors (Lipinski definition) is 3. The van der Waals surface area contributed by atoms with Crippen molar-refractivity contribution >= 4 is 23.5 Å². The van der Waals surface area contributed by atoms with Crippen LogP contribution in [0.2, 0.25) is 0 Å². The van der Waals surface area contributed by atoms with E-state index in [4.69, 9.17) is 0 Å². The fourth-order valence-corrected chi connectivity index (χ4v) is 3.43. The van der Waals surface area contributed by atoms with Gasteiger partial charge in [0.05, 0.1) is 0 Å². The molecule has 1 unspecified atom stereocenters. The van der Waals surface area contributed by atoms with Gasteiger partial charge in [-0.15, -0.1) is 0 Å². The number of anilines is 1. The van der Waals surface area contributed by atoms with Gasteiger partial charge in [-0.3, -0.25) is 9.59 Å². The second kappa shape index (κ2) is 9.53. The summed E-state index contributed by atoms with van der Waals surface area (Å²) >= 11 is 0. The van der Waals surface area contributed by atoms with Crippen LogP contribution in [0, 0.1) is 18.8 Å². The highest BCUT2D eigenvalue weighted by Gasteiger charge is 2.24. The second-order valence-corrected chi connectivity index (χ2v) is 7.85. The van der Waals surface area contributed by atoms with Crippen LogP contribution in [0.25, 0.3) is 0 Å². The molecule has 0 radical (unpaired) electrons. The van der Waals surface area contributed by atoms with Gasteiger partial charge in [-0.2, -0.15) is 0 Å². The van der Waals surface area contributed by atoms with Crippen molar-refractivity contribution in [2.45, 2.75) is 65.3 Å². The van der Waals surface area contributed by atoms with E-state index in [1.54, 1.807) is 18.2 Å². The van der Waals surface area contributed by atoms with Crippen LogP contribution in [0.1, 0.15) is 68.3 Å². The van der Waals surface area contributed by atoms with Gasteiger partial charge in [0.1, 0.15) is 6.04 Å². The Bertz CT molecular complexity index is 693. The summed E-state index contributed by atoms with van der Waals surface area (Å²) in [6.45, 7) is 5.69. The van der Waals surface area contributed by atoms with Crippen LogP contribution in [0.5, 0.6) is 0 Å². The summed E-state index contributed by atoms with van der Waals surface area (Å²) < 4.78 is 0. The molecule has 0 bridgehead atoms. The molecule has 0 aliphatic heterocycles. The predicted octanol–water partition coefficient (Wildman–Crippen LogP) is 3.74. The van der Waals surface area contributed by atoms with Gasteiger partial charge in [0.15, 0.2) is 0 Å². The van der Waals surface area contributed by atoms with Gasteiger partial charge in [-0.05, 0) is 49.8 Å². The van der Waals surface area contributed by atoms with Gasteiger partial charge in [-0.1, -0.05) is 39.2 Å². The number of carbonyl (C=O) groups is 3. The lowest BCUT2D eigenvalue weighted by atomic mass is 9.88. The van der Waals surface area contributed by atoms with Crippen molar-refractivity contribution in [3.8, 4) is 0 Å². The van der Waals surface area contributed by atoms with E-state index >= 15 is 0 Å². The molecule has 2 amide bonds. The Morgan fingerprint density at radius 3 is 2.41 bits per heavy atom. The van der Waals surface area contributed by atoms with Crippen LogP contribution in [0.4, 0.5) is 5.69 Å². The van der Waals surface area contributed by atoms with Crippen molar-refractivity contribution in [3.05, 3.63) is 29.3 Å². The molecule has 1 aliphatic rings. The Balaban J connectivity index is 2.09. The maximum absolute atomic E-state index is 12.5. The van der Waals surface area contributed by atoms with E-state index in [0.717, 1.165) is 31.2 Å². The molecular weight excluding hydrogens is 344 g/mol. The fourth-order valence-electron chi connectivity index (χ4n) is 3.43. The van der Waals surface area contributed by atoms with E-state index in [1.165, 1.54) is 6.42 Å². The highest BCUT2D eigenvalue weighted by Crippen LogP contribution is 2.26. The third-order valence-corrected chi connectivity index (χ3v) is 5.04. The van der Waals surface area contributed by atoms with Crippen LogP contribution in [-0.2, 0) is 9.59 Å². The second-order valence-electron chi connectivity index (χ2n) is 7.85. The van der Waals surface area contributed by atoms with E-state index in [9.17, 15) is 19.5 Å². The Morgan fingerprint density at radius 2 is 1.81 bits per heavy atom. The van der Waals surface area contributed by atoms with Crippen molar-refractivity contribution in [2.75, 3.05) is 5.32 Å². The standard InChI is InChI=1S/C21H30N2O4/c1-13(2)11-18(21(26)27)23-20(25)16-10-9-14(3)17(12-16)22-19(24)15-7-5-4-6-8-15/h9-10,12-13,15,18H,4-8,11H2,1-3H3,(H,22,24)(H,23,25)(H,26,27). The van der Waals surface area contributed by atoms with E-state index in [1.807, 2.05) is 20.8 Å². The topological polar surface area (TPSA) is 95.5 Å². The van der Waals surface area contributed by atoms with Crippen LogP contribution in [0.15, 0.2) is 18.2 Å². The quantitative estimate of drug-likeness (QED) is 0.677. The van der Waals surface area contributed by atoms with E-state index in [0.29, 0.717) is 17.7 Å². The Labute approximate surface area is 160 Å². The minimum absolute atomic E-state index is 0.00132. The fraction of sp³-hybridized carbons (Fsp3) is 0.571. The molecule has 0 spiro atoms. The molecule has 0 heterocycles. The average molecular weight is 374 g/mol. The summed E-state index contributed by atoms with van der Waals surface area (Å²) in [5.74, 6) is -1.32. The Morgan fingerprint density at radius 1 is 1.15 bits per heavy atom. The average Bonchev–Trinajstić information content (AvgIpc) is 2.63. The highest BCUT2D eigenvalue weighted by atomic mass is 16.4. The van der Waals surface area contributed by atoms with Crippen LogP contribution in [-0.4, -0.2) is 28.9 Å². The molecule has 1 aromatic carbocycles. The van der Waals surface area contributed by atoms with Gasteiger partial charge in [-0.25, -0.2) is 4.79 Å². The summed E-state index contributed by atoms with van der Waals surface area (Å²) in [6, 6.07) is 4.11. The number of benzene rings is 1. The SMILES string of the molecule is Cc1ccc(C(=O)NC(CC(C)C)C(=O)O)cc1NC(=O)C1CCCCC1. The molecule has 1 saturated carbocycles. The summed E-state index contributed by atoms with van der Waals surface area (Å²) in [7, 11) is 0. The molecule has 1 aromatic rings. The summed E-state index contributed by atoms with van der Waals surface area (Å²) in [4.78, 5) is 36.4. The van der Waals surface area contributed by atoms with Crippen LogP contribution < -0.4 is 10.6 Å². The number of amides is 2. The van der Waals surface area contributed by atoms with Crippen molar-refractivity contribution in [3.63, 3.8) is 0 Å². The number of carboxylic acid groups (broad SMARTS) is 1. The lowest BCUT2D eigenvalue weighted by molar-refractivity contribution is -0.139. The minimum atomic E-state index is -1.05. The third-order valence-electron chi connectivity index (χ3n) is 5.04. The lowest BCUT2D eigenvalue weighted by Gasteiger charge is -2.21. The number of carbonyl (C=O) groups excluding carboxylic acids is 2. The van der Waals surface area contributed by atoms with Crippen molar-refractivity contribution in [2.24, 2.45) is 11.8 Å². The lowest BCUT2D eigenvalue weighted by Crippen LogP contribution is -2.41.